The van der Waals surface area contributed by atoms with Crippen LogP contribution in [0, 0.1) is 0 Å². The first-order valence-electron chi connectivity index (χ1n) is 8.08. The van der Waals surface area contributed by atoms with Crippen molar-refractivity contribution >= 4 is 11.9 Å². The van der Waals surface area contributed by atoms with Crippen molar-refractivity contribution in [1.29, 1.82) is 0 Å². The molecule has 25 heavy (non-hydrogen) atoms. The van der Waals surface area contributed by atoms with E-state index in [2.05, 4.69) is 0 Å². The molecule has 5 heteroatoms. The number of amides is 1. The molecule has 0 heterocycles. The number of esters is 1. The first kappa shape index (κ1) is 18.7. The van der Waals surface area contributed by atoms with Gasteiger partial charge in [-0.25, -0.2) is 4.79 Å². The van der Waals surface area contributed by atoms with E-state index >= 15 is 0 Å². The molecule has 0 saturated carbocycles. The van der Waals surface area contributed by atoms with Crippen LogP contribution in [0.2, 0.25) is 0 Å². The number of carbonyl (C=O) groups is 2. The molecule has 0 N–H and O–H groups in total. The Hall–Kier alpha value is -2.66. The Morgan fingerprint density at radius 3 is 2.48 bits per heavy atom. The summed E-state index contributed by atoms with van der Waals surface area (Å²) in [6.45, 7) is 2.06. The second-order valence-electron chi connectivity index (χ2n) is 5.80. The highest BCUT2D eigenvalue weighted by atomic mass is 16.5. The summed E-state index contributed by atoms with van der Waals surface area (Å²) >= 11 is 0. The SMILES string of the molecule is COCc1cccc(C(=O)OCC(=O)N(C)C(C)c2ccccc2)c1. The molecule has 1 unspecified atom stereocenters. The fraction of sp³-hybridized carbons (Fsp3) is 0.300. The van der Waals surface area contributed by atoms with Crippen molar-refractivity contribution < 1.29 is 19.1 Å². The molecule has 0 fully saturated rings. The van der Waals surface area contributed by atoms with Crippen LogP contribution in [-0.2, 0) is 20.9 Å². The van der Waals surface area contributed by atoms with Crippen LogP contribution in [0.1, 0.15) is 34.5 Å². The standard InChI is InChI=1S/C20H23NO4/c1-15(17-9-5-4-6-10-17)21(2)19(22)14-25-20(23)18-11-7-8-16(12-18)13-24-3/h4-12,15H,13-14H2,1-3H3. The van der Waals surface area contributed by atoms with Crippen LogP contribution in [0.4, 0.5) is 0 Å². The van der Waals surface area contributed by atoms with Crippen LogP contribution in [0.25, 0.3) is 0 Å². The van der Waals surface area contributed by atoms with Gasteiger partial charge in [0, 0.05) is 14.2 Å². The summed E-state index contributed by atoms with van der Waals surface area (Å²) in [6.07, 6.45) is 0. The van der Waals surface area contributed by atoms with Gasteiger partial charge in [-0.2, -0.15) is 0 Å². The molecule has 0 aromatic heterocycles. The minimum absolute atomic E-state index is 0.0996. The van der Waals surface area contributed by atoms with E-state index in [1.54, 1.807) is 37.3 Å². The third-order valence-electron chi connectivity index (χ3n) is 4.06. The van der Waals surface area contributed by atoms with E-state index in [4.69, 9.17) is 9.47 Å². The Morgan fingerprint density at radius 1 is 1.08 bits per heavy atom. The van der Waals surface area contributed by atoms with Crippen molar-refractivity contribution in [2.45, 2.75) is 19.6 Å². The number of likely N-dealkylation sites (N-methyl/N-ethyl adjacent to an activating group) is 1. The molecule has 132 valence electrons. The molecule has 0 aliphatic rings. The van der Waals surface area contributed by atoms with E-state index < -0.39 is 5.97 Å². The zero-order valence-corrected chi connectivity index (χ0v) is 14.8. The summed E-state index contributed by atoms with van der Waals surface area (Å²) in [4.78, 5) is 26.0. The van der Waals surface area contributed by atoms with Crippen molar-refractivity contribution in [3.05, 3.63) is 71.3 Å². The lowest BCUT2D eigenvalue weighted by Crippen LogP contribution is -2.33. The third-order valence-corrected chi connectivity index (χ3v) is 4.06. The summed E-state index contributed by atoms with van der Waals surface area (Å²) in [7, 11) is 3.29. The zero-order chi connectivity index (χ0) is 18.2. The van der Waals surface area contributed by atoms with E-state index in [-0.39, 0.29) is 18.6 Å². The minimum atomic E-state index is -0.521. The Labute approximate surface area is 148 Å². The number of methoxy groups -OCH3 is 1. The number of nitrogens with zero attached hydrogens (tertiary/aromatic N) is 1. The Balaban J connectivity index is 1.92. The van der Waals surface area contributed by atoms with Gasteiger partial charge < -0.3 is 14.4 Å². The van der Waals surface area contributed by atoms with Gasteiger partial charge in [0.2, 0.25) is 0 Å². The molecule has 0 aliphatic heterocycles. The summed E-state index contributed by atoms with van der Waals surface area (Å²) in [5, 5.41) is 0. The van der Waals surface area contributed by atoms with E-state index in [0.717, 1.165) is 11.1 Å². The van der Waals surface area contributed by atoms with Crippen molar-refractivity contribution in [2.24, 2.45) is 0 Å². The van der Waals surface area contributed by atoms with Crippen molar-refractivity contribution in [1.82, 2.24) is 4.90 Å². The zero-order valence-electron chi connectivity index (χ0n) is 14.8. The highest BCUT2D eigenvalue weighted by molar-refractivity contribution is 5.91. The van der Waals surface area contributed by atoms with Crippen LogP contribution in [0.5, 0.6) is 0 Å². The van der Waals surface area contributed by atoms with Crippen molar-refractivity contribution in [2.75, 3.05) is 20.8 Å². The number of hydrogen-bond acceptors (Lipinski definition) is 4. The summed E-state index contributed by atoms with van der Waals surface area (Å²) in [6, 6.07) is 16.6. The van der Waals surface area contributed by atoms with Gasteiger partial charge in [-0.05, 0) is 30.2 Å². The second kappa shape index (κ2) is 8.99. The molecule has 2 aromatic carbocycles. The van der Waals surface area contributed by atoms with Crippen LogP contribution in [0.15, 0.2) is 54.6 Å². The normalized spacial score (nSPS) is 11.6. The topological polar surface area (TPSA) is 55.8 Å². The molecule has 0 radical (unpaired) electrons. The Morgan fingerprint density at radius 2 is 1.80 bits per heavy atom. The molecule has 0 aliphatic carbocycles. The van der Waals surface area contributed by atoms with Gasteiger partial charge in [0.1, 0.15) is 0 Å². The number of carbonyl (C=O) groups excluding carboxylic acids is 2. The first-order chi connectivity index (χ1) is 12.0. The lowest BCUT2D eigenvalue weighted by molar-refractivity contribution is -0.135. The molecule has 0 spiro atoms. The lowest BCUT2D eigenvalue weighted by Gasteiger charge is -2.25. The maximum Gasteiger partial charge on any atom is 0.338 e. The molecule has 0 bridgehead atoms. The predicted molar refractivity (Wildman–Crippen MR) is 95.1 cm³/mol. The van der Waals surface area contributed by atoms with Crippen LogP contribution in [0.3, 0.4) is 0 Å². The minimum Gasteiger partial charge on any atom is -0.452 e. The van der Waals surface area contributed by atoms with Crippen LogP contribution in [-0.4, -0.2) is 37.5 Å². The highest BCUT2D eigenvalue weighted by Crippen LogP contribution is 2.18. The van der Waals surface area contributed by atoms with Crippen molar-refractivity contribution in [3.63, 3.8) is 0 Å². The number of rotatable bonds is 7. The van der Waals surface area contributed by atoms with Gasteiger partial charge in [0.15, 0.2) is 6.61 Å². The van der Waals surface area contributed by atoms with Gasteiger partial charge >= 0.3 is 5.97 Å². The molecule has 2 rings (SSSR count). The van der Waals surface area contributed by atoms with Crippen LogP contribution < -0.4 is 0 Å². The molecule has 5 nitrogen and oxygen atoms in total. The predicted octanol–water partition coefficient (Wildman–Crippen LogP) is 3.21. The number of benzene rings is 2. The van der Waals surface area contributed by atoms with Gasteiger partial charge in [-0.1, -0.05) is 42.5 Å². The summed E-state index contributed by atoms with van der Waals surface area (Å²) in [5.41, 5.74) is 2.30. The molecule has 2 aromatic rings. The largest absolute Gasteiger partial charge is 0.452 e. The number of ether oxygens (including phenoxy) is 2. The van der Waals surface area contributed by atoms with Gasteiger partial charge in [0.05, 0.1) is 18.2 Å². The molecular formula is C20H23NO4. The Bertz CT molecular complexity index is 715. The fourth-order valence-electron chi connectivity index (χ4n) is 2.44. The maximum atomic E-state index is 12.3. The van der Waals surface area contributed by atoms with E-state index in [1.807, 2.05) is 43.3 Å². The van der Waals surface area contributed by atoms with E-state index in [0.29, 0.717) is 12.2 Å². The monoisotopic (exact) mass is 341 g/mol. The fourth-order valence-corrected chi connectivity index (χ4v) is 2.44. The van der Waals surface area contributed by atoms with Gasteiger partial charge in [0.25, 0.3) is 5.91 Å². The number of hydrogen-bond donors (Lipinski definition) is 0. The molecular weight excluding hydrogens is 318 g/mol. The van der Waals surface area contributed by atoms with Gasteiger partial charge in [-0.15, -0.1) is 0 Å². The van der Waals surface area contributed by atoms with Crippen molar-refractivity contribution in [3.8, 4) is 0 Å². The van der Waals surface area contributed by atoms with Crippen LogP contribution >= 0.6 is 0 Å². The average molecular weight is 341 g/mol. The molecule has 1 atom stereocenters. The lowest BCUT2D eigenvalue weighted by atomic mass is 10.1. The first-order valence-corrected chi connectivity index (χ1v) is 8.08. The molecule has 0 saturated heterocycles. The van der Waals surface area contributed by atoms with E-state index in [1.165, 1.54) is 0 Å². The quantitative estimate of drug-likeness (QED) is 0.726. The second-order valence-corrected chi connectivity index (χ2v) is 5.80. The summed E-state index contributed by atoms with van der Waals surface area (Å²) < 4.78 is 10.2. The van der Waals surface area contributed by atoms with E-state index in [9.17, 15) is 9.59 Å². The highest BCUT2D eigenvalue weighted by Gasteiger charge is 2.19. The Kier molecular flexibility index (Phi) is 6.71. The summed E-state index contributed by atoms with van der Waals surface area (Å²) in [5.74, 6) is -0.773. The van der Waals surface area contributed by atoms with Gasteiger partial charge in [-0.3, -0.25) is 4.79 Å². The maximum absolute atomic E-state index is 12.3. The molecule has 1 amide bonds. The average Bonchev–Trinajstić information content (AvgIpc) is 2.65. The smallest absolute Gasteiger partial charge is 0.338 e. The third kappa shape index (κ3) is 5.16.